The molecule has 4 nitrogen and oxygen atoms in total. The van der Waals surface area contributed by atoms with Crippen LogP contribution < -0.4 is 5.73 Å². The third-order valence-electron chi connectivity index (χ3n) is 2.38. The minimum absolute atomic E-state index is 0.108. The third kappa shape index (κ3) is 4.72. The van der Waals surface area contributed by atoms with Gasteiger partial charge in [-0.05, 0) is 37.5 Å². The summed E-state index contributed by atoms with van der Waals surface area (Å²) in [7, 11) is -2.88. The molecule has 1 atom stereocenters. The minimum Gasteiger partial charge on any atom is -0.324 e. The summed E-state index contributed by atoms with van der Waals surface area (Å²) in [6.07, 6.45) is 4.24. The molecule has 90 valence electrons. The van der Waals surface area contributed by atoms with Gasteiger partial charge in [0, 0.05) is 29.9 Å². The van der Waals surface area contributed by atoms with E-state index in [4.69, 9.17) is 5.73 Å². The molecule has 0 amide bonds. The molecule has 0 bridgehead atoms. The van der Waals surface area contributed by atoms with E-state index in [-0.39, 0.29) is 11.8 Å². The zero-order valence-electron chi connectivity index (χ0n) is 9.68. The van der Waals surface area contributed by atoms with Crippen molar-refractivity contribution in [3.05, 3.63) is 29.6 Å². The standard InChI is InChI=1S/C11H18N2O2S/c1-9-8-10(5-6-13-9)11(12)4-3-7-16(2,14)15/h5-6,8,11H,3-4,7,12H2,1-2H3. The molecule has 1 heterocycles. The SMILES string of the molecule is Cc1cc(C(N)CCCS(C)(=O)=O)ccn1. The van der Waals surface area contributed by atoms with E-state index in [1.165, 1.54) is 6.26 Å². The summed E-state index contributed by atoms with van der Waals surface area (Å²) < 4.78 is 21.9. The maximum atomic E-state index is 11.0. The summed E-state index contributed by atoms with van der Waals surface area (Å²) in [6, 6.07) is 3.70. The van der Waals surface area contributed by atoms with Gasteiger partial charge < -0.3 is 5.73 Å². The lowest BCUT2D eigenvalue weighted by atomic mass is 10.0. The Bertz CT molecular complexity index is 443. The van der Waals surface area contributed by atoms with Crippen LogP contribution in [0.25, 0.3) is 0 Å². The molecule has 1 rings (SSSR count). The molecule has 16 heavy (non-hydrogen) atoms. The van der Waals surface area contributed by atoms with Gasteiger partial charge in [-0.2, -0.15) is 0 Å². The lowest BCUT2D eigenvalue weighted by Gasteiger charge is -2.11. The first-order chi connectivity index (χ1) is 7.38. The van der Waals surface area contributed by atoms with Gasteiger partial charge in [-0.3, -0.25) is 4.98 Å². The van der Waals surface area contributed by atoms with Crippen molar-refractivity contribution in [2.24, 2.45) is 5.73 Å². The molecule has 2 N–H and O–H groups in total. The summed E-state index contributed by atoms with van der Waals surface area (Å²) in [4.78, 5) is 4.09. The normalized spacial score (nSPS) is 13.7. The summed E-state index contributed by atoms with van der Waals surface area (Å²) in [5, 5.41) is 0. The Balaban J connectivity index is 2.50. The van der Waals surface area contributed by atoms with Crippen LogP contribution in [0.15, 0.2) is 18.3 Å². The summed E-state index contributed by atoms with van der Waals surface area (Å²) in [5.74, 6) is 0.199. The second-order valence-electron chi connectivity index (χ2n) is 4.11. The molecule has 0 radical (unpaired) electrons. The van der Waals surface area contributed by atoms with E-state index in [9.17, 15) is 8.42 Å². The van der Waals surface area contributed by atoms with Crippen molar-refractivity contribution < 1.29 is 8.42 Å². The molecule has 1 aromatic rings. The Hall–Kier alpha value is -0.940. The van der Waals surface area contributed by atoms with Crippen LogP contribution in [0.3, 0.4) is 0 Å². The van der Waals surface area contributed by atoms with E-state index in [1.54, 1.807) is 6.20 Å². The van der Waals surface area contributed by atoms with Crippen LogP contribution in [0.5, 0.6) is 0 Å². The highest BCUT2D eigenvalue weighted by Gasteiger charge is 2.08. The molecule has 1 unspecified atom stereocenters. The third-order valence-corrected chi connectivity index (χ3v) is 3.41. The second-order valence-corrected chi connectivity index (χ2v) is 6.37. The van der Waals surface area contributed by atoms with Crippen LogP contribution in [-0.4, -0.2) is 25.4 Å². The highest BCUT2D eigenvalue weighted by Crippen LogP contribution is 2.16. The van der Waals surface area contributed by atoms with Crippen molar-refractivity contribution in [2.45, 2.75) is 25.8 Å². The van der Waals surface area contributed by atoms with Gasteiger partial charge in [0.1, 0.15) is 9.84 Å². The second kappa shape index (κ2) is 5.41. The lowest BCUT2D eigenvalue weighted by molar-refractivity contribution is 0.587. The average molecular weight is 242 g/mol. The monoisotopic (exact) mass is 242 g/mol. The quantitative estimate of drug-likeness (QED) is 0.842. The fourth-order valence-electron chi connectivity index (χ4n) is 1.53. The summed E-state index contributed by atoms with van der Waals surface area (Å²) >= 11 is 0. The number of rotatable bonds is 5. The number of aromatic nitrogens is 1. The predicted molar refractivity (Wildman–Crippen MR) is 64.8 cm³/mol. The maximum Gasteiger partial charge on any atom is 0.147 e. The molecule has 0 spiro atoms. The Morgan fingerprint density at radius 3 is 2.75 bits per heavy atom. The van der Waals surface area contributed by atoms with Crippen molar-refractivity contribution in [3.8, 4) is 0 Å². The van der Waals surface area contributed by atoms with Gasteiger partial charge >= 0.3 is 0 Å². The van der Waals surface area contributed by atoms with Crippen LogP contribution in [0.2, 0.25) is 0 Å². The Morgan fingerprint density at radius 2 is 2.19 bits per heavy atom. The fraction of sp³-hybridized carbons (Fsp3) is 0.545. The van der Waals surface area contributed by atoms with Crippen molar-refractivity contribution in [2.75, 3.05) is 12.0 Å². The molecule has 5 heteroatoms. The van der Waals surface area contributed by atoms with Crippen molar-refractivity contribution in [1.82, 2.24) is 4.98 Å². The molecule has 0 aliphatic heterocycles. The highest BCUT2D eigenvalue weighted by molar-refractivity contribution is 7.90. The molecule has 0 saturated carbocycles. The molecule has 0 saturated heterocycles. The van der Waals surface area contributed by atoms with Crippen molar-refractivity contribution in [3.63, 3.8) is 0 Å². The van der Waals surface area contributed by atoms with E-state index in [2.05, 4.69) is 4.98 Å². The van der Waals surface area contributed by atoms with Gasteiger partial charge in [0.05, 0.1) is 0 Å². The smallest absolute Gasteiger partial charge is 0.147 e. The average Bonchev–Trinajstić information content (AvgIpc) is 2.15. The zero-order chi connectivity index (χ0) is 12.2. The highest BCUT2D eigenvalue weighted by atomic mass is 32.2. The van der Waals surface area contributed by atoms with E-state index < -0.39 is 9.84 Å². The summed E-state index contributed by atoms with van der Waals surface area (Å²) in [5.41, 5.74) is 7.91. The van der Waals surface area contributed by atoms with E-state index in [1.807, 2.05) is 19.1 Å². The van der Waals surface area contributed by atoms with Gasteiger partial charge in [0.2, 0.25) is 0 Å². The fourth-order valence-corrected chi connectivity index (χ4v) is 2.22. The number of nitrogens with two attached hydrogens (primary N) is 1. The number of aryl methyl sites for hydroxylation is 1. The molecule has 0 aliphatic carbocycles. The predicted octanol–water partition coefficient (Wildman–Crippen LogP) is 1.21. The van der Waals surface area contributed by atoms with Crippen molar-refractivity contribution >= 4 is 9.84 Å². The van der Waals surface area contributed by atoms with Crippen LogP contribution in [0, 0.1) is 6.92 Å². The molecular formula is C11H18N2O2S. The van der Waals surface area contributed by atoms with Gasteiger partial charge in [-0.15, -0.1) is 0 Å². The van der Waals surface area contributed by atoms with E-state index in [0.29, 0.717) is 12.8 Å². The van der Waals surface area contributed by atoms with Crippen LogP contribution in [0.4, 0.5) is 0 Å². The first-order valence-electron chi connectivity index (χ1n) is 5.24. The van der Waals surface area contributed by atoms with Gasteiger partial charge in [-0.25, -0.2) is 8.42 Å². The van der Waals surface area contributed by atoms with Crippen LogP contribution in [0.1, 0.15) is 30.1 Å². The molecule has 0 aromatic carbocycles. The largest absolute Gasteiger partial charge is 0.324 e. The van der Waals surface area contributed by atoms with Crippen LogP contribution in [-0.2, 0) is 9.84 Å². The Labute approximate surface area is 96.8 Å². The number of nitrogens with zero attached hydrogens (tertiary/aromatic N) is 1. The Kier molecular flexibility index (Phi) is 4.44. The van der Waals surface area contributed by atoms with Crippen molar-refractivity contribution in [1.29, 1.82) is 0 Å². The topological polar surface area (TPSA) is 73.1 Å². The molecule has 0 aliphatic rings. The molecule has 0 fully saturated rings. The van der Waals surface area contributed by atoms with E-state index >= 15 is 0 Å². The number of sulfone groups is 1. The van der Waals surface area contributed by atoms with Gasteiger partial charge in [0.15, 0.2) is 0 Å². The van der Waals surface area contributed by atoms with Crippen LogP contribution >= 0.6 is 0 Å². The number of pyridine rings is 1. The minimum atomic E-state index is -2.88. The zero-order valence-corrected chi connectivity index (χ0v) is 10.5. The van der Waals surface area contributed by atoms with E-state index in [0.717, 1.165) is 11.3 Å². The van der Waals surface area contributed by atoms with Gasteiger partial charge in [-0.1, -0.05) is 0 Å². The first-order valence-corrected chi connectivity index (χ1v) is 7.30. The Morgan fingerprint density at radius 1 is 1.50 bits per heavy atom. The first kappa shape index (κ1) is 13.1. The lowest BCUT2D eigenvalue weighted by Crippen LogP contribution is -2.13. The van der Waals surface area contributed by atoms with Gasteiger partial charge in [0.25, 0.3) is 0 Å². The molecule has 1 aromatic heterocycles. The number of hydrogen-bond acceptors (Lipinski definition) is 4. The number of hydrogen-bond donors (Lipinski definition) is 1. The maximum absolute atomic E-state index is 11.0. The summed E-state index contributed by atoms with van der Waals surface area (Å²) in [6.45, 7) is 1.91. The molecular weight excluding hydrogens is 224 g/mol.